The van der Waals surface area contributed by atoms with E-state index in [0.29, 0.717) is 6.42 Å². The van der Waals surface area contributed by atoms with Crippen LogP contribution in [0.1, 0.15) is 27.2 Å². The topological polar surface area (TPSA) is 103 Å². The standard InChI is InChI=1S/C11H18N4O3/c1-4-10(18-7(2)3)14-11-8(15(16)17)5-6-9(12)13-11/h5-7,10H,4H2,1-3H3,(H3,12,13,14). The maximum atomic E-state index is 10.9. The molecule has 0 saturated carbocycles. The monoisotopic (exact) mass is 254 g/mol. The van der Waals surface area contributed by atoms with E-state index >= 15 is 0 Å². The predicted molar refractivity (Wildman–Crippen MR) is 69.2 cm³/mol. The Morgan fingerprint density at radius 1 is 1.56 bits per heavy atom. The number of pyridine rings is 1. The molecular formula is C11H18N4O3. The Kier molecular flexibility index (Phi) is 4.85. The summed E-state index contributed by atoms with van der Waals surface area (Å²) in [6.45, 7) is 5.70. The number of aromatic nitrogens is 1. The summed E-state index contributed by atoms with van der Waals surface area (Å²) in [6, 6.07) is 2.72. The number of nitro groups is 1. The highest BCUT2D eigenvalue weighted by Crippen LogP contribution is 2.24. The van der Waals surface area contributed by atoms with Gasteiger partial charge in [0.1, 0.15) is 12.0 Å². The van der Waals surface area contributed by atoms with Crippen molar-refractivity contribution in [3.63, 3.8) is 0 Å². The van der Waals surface area contributed by atoms with Crippen LogP contribution >= 0.6 is 0 Å². The second kappa shape index (κ2) is 6.15. The largest absolute Gasteiger partial charge is 0.384 e. The van der Waals surface area contributed by atoms with Crippen LogP contribution in [0.25, 0.3) is 0 Å². The van der Waals surface area contributed by atoms with E-state index in [9.17, 15) is 10.1 Å². The third-order valence-electron chi connectivity index (χ3n) is 2.20. The number of nitrogens with one attached hydrogen (secondary N) is 1. The van der Waals surface area contributed by atoms with E-state index in [2.05, 4.69) is 10.3 Å². The smallest absolute Gasteiger partial charge is 0.311 e. The van der Waals surface area contributed by atoms with E-state index in [4.69, 9.17) is 10.5 Å². The van der Waals surface area contributed by atoms with Gasteiger partial charge in [-0.1, -0.05) is 6.92 Å². The molecule has 0 amide bonds. The molecule has 1 atom stereocenters. The number of hydrogen-bond donors (Lipinski definition) is 2. The number of rotatable bonds is 6. The van der Waals surface area contributed by atoms with Crippen molar-refractivity contribution in [3.8, 4) is 0 Å². The van der Waals surface area contributed by atoms with Gasteiger partial charge in [-0.15, -0.1) is 0 Å². The summed E-state index contributed by atoms with van der Waals surface area (Å²) in [4.78, 5) is 14.3. The summed E-state index contributed by atoms with van der Waals surface area (Å²) >= 11 is 0. The van der Waals surface area contributed by atoms with Gasteiger partial charge in [-0.25, -0.2) is 4.98 Å². The molecule has 7 heteroatoms. The summed E-state index contributed by atoms with van der Waals surface area (Å²) < 4.78 is 5.56. The zero-order chi connectivity index (χ0) is 13.7. The summed E-state index contributed by atoms with van der Waals surface area (Å²) in [5.74, 6) is 0.356. The number of anilines is 2. The van der Waals surface area contributed by atoms with Gasteiger partial charge >= 0.3 is 5.69 Å². The Labute approximate surface area is 105 Å². The highest BCUT2D eigenvalue weighted by Gasteiger charge is 2.19. The van der Waals surface area contributed by atoms with E-state index < -0.39 is 4.92 Å². The molecule has 0 radical (unpaired) electrons. The van der Waals surface area contributed by atoms with Crippen LogP contribution in [0.15, 0.2) is 12.1 Å². The van der Waals surface area contributed by atoms with Crippen molar-refractivity contribution in [1.29, 1.82) is 0 Å². The zero-order valence-corrected chi connectivity index (χ0v) is 10.7. The fourth-order valence-corrected chi connectivity index (χ4v) is 1.43. The van der Waals surface area contributed by atoms with Gasteiger partial charge in [-0.05, 0) is 26.3 Å². The Balaban J connectivity index is 2.93. The van der Waals surface area contributed by atoms with Crippen LogP contribution < -0.4 is 11.1 Å². The fourth-order valence-electron chi connectivity index (χ4n) is 1.43. The first kappa shape index (κ1) is 14.2. The molecule has 100 valence electrons. The van der Waals surface area contributed by atoms with Gasteiger partial charge in [0.25, 0.3) is 0 Å². The molecule has 7 nitrogen and oxygen atoms in total. The minimum Gasteiger partial charge on any atom is -0.384 e. The molecule has 3 N–H and O–H groups in total. The molecule has 0 fully saturated rings. The lowest BCUT2D eigenvalue weighted by Crippen LogP contribution is -2.26. The average Bonchev–Trinajstić information content (AvgIpc) is 2.27. The number of nitrogens with two attached hydrogens (primary N) is 1. The second-order valence-electron chi connectivity index (χ2n) is 4.09. The lowest BCUT2D eigenvalue weighted by molar-refractivity contribution is -0.384. The zero-order valence-electron chi connectivity index (χ0n) is 10.7. The minimum atomic E-state index is -0.503. The van der Waals surface area contributed by atoms with E-state index in [1.54, 1.807) is 0 Å². The molecular weight excluding hydrogens is 236 g/mol. The third-order valence-corrected chi connectivity index (χ3v) is 2.20. The lowest BCUT2D eigenvalue weighted by Gasteiger charge is -2.20. The molecule has 0 aliphatic heterocycles. The van der Waals surface area contributed by atoms with Gasteiger partial charge in [0.2, 0.25) is 5.82 Å². The van der Waals surface area contributed by atoms with Gasteiger partial charge in [-0.3, -0.25) is 10.1 Å². The first-order chi connectivity index (χ1) is 8.43. The number of nitrogens with zero attached hydrogens (tertiary/aromatic N) is 2. The van der Waals surface area contributed by atoms with Gasteiger partial charge in [-0.2, -0.15) is 0 Å². The van der Waals surface area contributed by atoms with Gasteiger partial charge in [0.05, 0.1) is 11.0 Å². The molecule has 18 heavy (non-hydrogen) atoms. The molecule has 1 unspecified atom stereocenters. The molecule has 0 aromatic carbocycles. The van der Waals surface area contributed by atoms with Crippen LogP contribution in [0.5, 0.6) is 0 Å². The van der Waals surface area contributed by atoms with Crippen LogP contribution in [-0.4, -0.2) is 22.2 Å². The van der Waals surface area contributed by atoms with Crippen LogP contribution in [0, 0.1) is 10.1 Å². The summed E-state index contributed by atoms with van der Waals surface area (Å²) in [7, 11) is 0. The molecule has 1 heterocycles. The normalized spacial score (nSPS) is 12.4. The molecule has 1 aromatic rings. The number of ether oxygens (including phenoxy) is 1. The lowest BCUT2D eigenvalue weighted by atomic mass is 10.3. The van der Waals surface area contributed by atoms with Crippen molar-refractivity contribution in [2.75, 3.05) is 11.1 Å². The Bertz CT molecular complexity index is 423. The highest BCUT2D eigenvalue weighted by molar-refractivity contribution is 5.59. The SMILES string of the molecule is CCC(Nc1nc(N)ccc1[N+](=O)[O-])OC(C)C. The molecule has 0 saturated heterocycles. The van der Waals surface area contributed by atoms with Crippen LogP contribution in [0.2, 0.25) is 0 Å². The Hall–Kier alpha value is -1.89. The van der Waals surface area contributed by atoms with Crippen LogP contribution in [0.4, 0.5) is 17.3 Å². The van der Waals surface area contributed by atoms with Gasteiger partial charge < -0.3 is 15.8 Å². The maximum absolute atomic E-state index is 10.9. The van der Waals surface area contributed by atoms with Crippen molar-refractivity contribution >= 4 is 17.3 Å². The quantitative estimate of drug-likeness (QED) is 0.458. The molecule has 1 aromatic heterocycles. The summed E-state index contributed by atoms with van der Waals surface area (Å²) in [6.07, 6.45) is 0.340. The molecule has 1 rings (SSSR count). The van der Waals surface area contributed by atoms with Crippen molar-refractivity contribution < 1.29 is 9.66 Å². The van der Waals surface area contributed by atoms with Crippen molar-refractivity contribution in [3.05, 3.63) is 22.2 Å². The molecule has 0 aliphatic carbocycles. The Morgan fingerprint density at radius 2 is 2.22 bits per heavy atom. The number of nitrogen functional groups attached to an aromatic ring is 1. The van der Waals surface area contributed by atoms with Crippen LogP contribution in [0.3, 0.4) is 0 Å². The van der Waals surface area contributed by atoms with E-state index in [-0.39, 0.29) is 29.7 Å². The van der Waals surface area contributed by atoms with Crippen molar-refractivity contribution in [2.45, 2.75) is 39.5 Å². The van der Waals surface area contributed by atoms with Crippen molar-refractivity contribution in [1.82, 2.24) is 4.98 Å². The van der Waals surface area contributed by atoms with E-state index in [1.165, 1.54) is 12.1 Å². The van der Waals surface area contributed by atoms with Gasteiger partial charge in [0, 0.05) is 6.07 Å². The maximum Gasteiger partial charge on any atom is 0.311 e. The molecule has 0 aliphatic rings. The fraction of sp³-hybridized carbons (Fsp3) is 0.545. The number of hydrogen-bond acceptors (Lipinski definition) is 6. The molecule has 0 bridgehead atoms. The van der Waals surface area contributed by atoms with E-state index in [1.807, 2.05) is 20.8 Å². The minimum absolute atomic E-state index is 0.0163. The molecule has 0 spiro atoms. The van der Waals surface area contributed by atoms with Gasteiger partial charge in [0.15, 0.2) is 0 Å². The first-order valence-electron chi connectivity index (χ1n) is 5.77. The third kappa shape index (κ3) is 3.85. The average molecular weight is 254 g/mol. The first-order valence-corrected chi connectivity index (χ1v) is 5.77. The van der Waals surface area contributed by atoms with Crippen molar-refractivity contribution in [2.24, 2.45) is 0 Å². The summed E-state index contributed by atoms with van der Waals surface area (Å²) in [5.41, 5.74) is 5.42. The predicted octanol–water partition coefficient (Wildman–Crippen LogP) is 2.14. The van der Waals surface area contributed by atoms with Crippen LogP contribution in [-0.2, 0) is 4.74 Å². The summed E-state index contributed by atoms with van der Waals surface area (Å²) in [5, 5.41) is 13.8. The Morgan fingerprint density at radius 3 is 2.72 bits per heavy atom. The van der Waals surface area contributed by atoms with E-state index in [0.717, 1.165) is 0 Å². The highest BCUT2D eigenvalue weighted by atomic mass is 16.6. The second-order valence-corrected chi connectivity index (χ2v) is 4.09.